The van der Waals surface area contributed by atoms with Crippen LogP contribution in [0.15, 0.2) is 47.1 Å². The van der Waals surface area contributed by atoms with Crippen molar-refractivity contribution in [2.45, 2.75) is 38.3 Å². The van der Waals surface area contributed by atoms with E-state index in [1.54, 1.807) is 42.1 Å². The van der Waals surface area contributed by atoms with Crippen LogP contribution in [0.25, 0.3) is 11.0 Å². The third-order valence-corrected chi connectivity index (χ3v) is 5.37. The lowest BCUT2D eigenvalue weighted by atomic mass is 10.0. The number of carbonyl (C=O) groups excluding carboxylic acids is 3. The summed E-state index contributed by atoms with van der Waals surface area (Å²) in [6, 6.07) is 8.91. The maximum atomic E-state index is 12.2. The lowest BCUT2D eigenvalue weighted by Crippen LogP contribution is -2.48. The summed E-state index contributed by atoms with van der Waals surface area (Å²) in [6.07, 6.45) is 6.16. The quantitative estimate of drug-likeness (QED) is 0.543. The van der Waals surface area contributed by atoms with E-state index < -0.39 is 6.04 Å². The van der Waals surface area contributed by atoms with Crippen molar-refractivity contribution in [2.24, 2.45) is 0 Å². The Bertz CT molecular complexity index is 1040. The summed E-state index contributed by atoms with van der Waals surface area (Å²) in [5, 5.41) is 8.45. The number of esters is 1. The molecule has 0 N–H and O–H groups in total. The van der Waals surface area contributed by atoms with Gasteiger partial charge in [0.15, 0.2) is 5.76 Å². The monoisotopic (exact) mass is 455 g/mol. The maximum absolute atomic E-state index is 12.2. The van der Waals surface area contributed by atoms with Crippen molar-refractivity contribution >= 4 is 28.8 Å². The summed E-state index contributed by atoms with van der Waals surface area (Å²) in [5.41, 5.74) is 0.748. The lowest BCUT2D eigenvalue weighted by Gasteiger charge is -2.33. The Kier molecular flexibility index (Phi) is 8.17. The predicted octanol–water partition coefficient (Wildman–Crippen LogP) is 2.36. The lowest BCUT2D eigenvalue weighted by molar-refractivity contribution is -0.154. The minimum absolute atomic E-state index is 0.0365. The van der Waals surface area contributed by atoms with E-state index in [-0.39, 0.29) is 17.8 Å². The van der Waals surface area contributed by atoms with Crippen LogP contribution >= 0.6 is 0 Å². The summed E-state index contributed by atoms with van der Waals surface area (Å²) >= 11 is 0. The standard InChI is InChI=1S/C12H18N4O3.C11H11NO2/c1-19-12(18)10-4-2-3-7-16(10)11(17)5-8-15-9-6-13-14-15;1-12(2)11(13)10-7-8-5-3-4-6-9(8)14-10/h6,9-10H,2-5,7-8H2,1H3;3-7H,1-2H3/t10-;/m0./s1. The highest BCUT2D eigenvalue weighted by atomic mass is 16.5. The van der Waals surface area contributed by atoms with Crippen LogP contribution < -0.4 is 0 Å². The molecular formula is C23H29N5O5. The highest BCUT2D eigenvalue weighted by Gasteiger charge is 2.32. The second kappa shape index (κ2) is 11.3. The molecule has 1 saturated heterocycles. The number of fused-ring (bicyclic) bond motifs is 1. The van der Waals surface area contributed by atoms with Crippen LogP contribution in [0, 0.1) is 0 Å². The summed E-state index contributed by atoms with van der Waals surface area (Å²) in [5.74, 6) is -0.0863. The first kappa shape index (κ1) is 24.0. The molecule has 0 aliphatic carbocycles. The van der Waals surface area contributed by atoms with Crippen LogP contribution in [0.2, 0.25) is 0 Å². The number of piperidine rings is 1. The first-order valence-corrected chi connectivity index (χ1v) is 10.8. The smallest absolute Gasteiger partial charge is 0.328 e. The molecule has 176 valence electrons. The van der Waals surface area contributed by atoms with Gasteiger partial charge in [-0.25, -0.2) is 4.79 Å². The van der Waals surface area contributed by atoms with Crippen molar-refractivity contribution in [3.05, 3.63) is 48.5 Å². The van der Waals surface area contributed by atoms with Gasteiger partial charge in [-0.05, 0) is 31.4 Å². The second-order valence-electron chi connectivity index (χ2n) is 7.89. The van der Waals surface area contributed by atoms with Gasteiger partial charge in [0.25, 0.3) is 5.91 Å². The number of amides is 2. The van der Waals surface area contributed by atoms with Crippen LogP contribution in [-0.2, 0) is 20.9 Å². The van der Waals surface area contributed by atoms with Crippen molar-refractivity contribution in [3.8, 4) is 0 Å². The third-order valence-electron chi connectivity index (χ3n) is 5.37. The predicted molar refractivity (Wildman–Crippen MR) is 120 cm³/mol. The number of hydrogen-bond acceptors (Lipinski definition) is 7. The highest BCUT2D eigenvalue weighted by Crippen LogP contribution is 2.20. The molecule has 10 heteroatoms. The van der Waals surface area contributed by atoms with Gasteiger partial charge < -0.3 is 19.0 Å². The average molecular weight is 456 g/mol. The van der Waals surface area contributed by atoms with E-state index in [0.717, 1.165) is 23.8 Å². The van der Waals surface area contributed by atoms with Gasteiger partial charge in [0.2, 0.25) is 5.91 Å². The number of rotatable bonds is 5. The van der Waals surface area contributed by atoms with E-state index in [1.807, 2.05) is 24.3 Å². The molecule has 4 rings (SSSR count). The molecule has 3 heterocycles. The fraction of sp³-hybridized carbons (Fsp3) is 0.435. The molecule has 2 amide bonds. The van der Waals surface area contributed by atoms with Crippen LogP contribution in [0.3, 0.4) is 0 Å². The van der Waals surface area contributed by atoms with Gasteiger partial charge in [0.05, 0.1) is 19.9 Å². The zero-order valence-electron chi connectivity index (χ0n) is 19.1. The normalized spacial score (nSPS) is 15.5. The molecule has 0 unspecified atom stereocenters. The minimum Gasteiger partial charge on any atom is -0.467 e. The molecule has 1 atom stereocenters. The number of likely N-dealkylation sites (tertiary alicyclic amines) is 1. The molecule has 2 aromatic heterocycles. The van der Waals surface area contributed by atoms with Crippen LogP contribution in [-0.4, -0.2) is 76.4 Å². The number of aryl methyl sites for hydroxylation is 1. The van der Waals surface area contributed by atoms with Crippen molar-refractivity contribution in [1.82, 2.24) is 24.8 Å². The Morgan fingerprint density at radius 3 is 2.67 bits per heavy atom. The number of para-hydroxylation sites is 1. The number of nitrogens with zero attached hydrogens (tertiary/aromatic N) is 5. The number of benzene rings is 1. The van der Waals surface area contributed by atoms with Gasteiger partial charge in [-0.3, -0.25) is 14.3 Å². The average Bonchev–Trinajstić information content (AvgIpc) is 3.51. The topological polar surface area (TPSA) is 111 Å². The van der Waals surface area contributed by atoms with Crippen LogP contribution in [0.5, 0.6) is 0 Å². The first-order chi connectivity index (χ1) is 15.9. The largest absolute Gasteiger partial charge is 0.467 e. The minimum atomic E-state index is -0.429. The highest BCUT2D eigenvalue weighted by molar-refractivity contribution is 5.95. The first-order valence-electron chi connectivity index (χ1n) is 10.8. The van der Waals surface area contributed by atoms with Gasteiger partial charge in [-0.1, -0.05) is 23.4 Å². The SMILES string of the molecule is CN(C)C(=O)c1cc2ccccc2o1.COC(=O)[C@@H]1CCCCN1C(=O)CCn1ccnn1. The molecule has 0 spiro atoms. The number of ether oxygens (including phenoxy) is 1. The van der Waals surface area contributed by atoms with Crippen LogP contribution in [0.1, 0.15) is 36.2 Å². The Balaban J connectivity index is 0.000000194. The summed E-state index contributed by atoms with van der Waals surface area (Å²) < 4.78 is 11.8. The number of methoxy groups -OCH3 is 1. The van der Waals surface area contributed by atoms with E-state index in [4.69, 9.17) is 9.15 Å². The molecule has 0 saturated carbocycles. The number of hydrogen-bond donors (Lipinski definition) is 0. The van der Waals surface area contributed by atoms with Crippen molar-refractivity contribution < 1.29 is 23.5 Å². The maximum Gasteiger partial charge on any atom is 0.328 e. The Labute approximate surface area is 192 Å². The molecule has 0 bridgehead atoms. The van der Waals surface area contributed by atoms with E-state index >= 15 is 0 Å². The molecule has 33 heavy (non-hydrogen) atoms. The van der Waals surface area contributed by atoms with Gasteiger partial charge in [0.1, 0.15) is 11.6 Å². The molecule has 1 aliphatic heterocycles. The van der Waals surface area contributed by atoms with Gasteiger partial charge in [-0.2, -0.15) is 0 Å². The van der Waals surface area contributed by atoms with Crippen molar-refractivity contribution in [1.29, 1.82) is 0 Å². The van der Waals surface area contributed by atoms with Crippen LogP contribution in [0.4, 0.5) is 0 Å². The third kappa shape index (κ3) is 6.18. The zero-order valence-corrected chi connectivity index (χ0v) is 19.1. The fourth-order valence-corrected chi connectivity index (χ4v) is 3.62. The van der Waals surface area contributed by atoms with E-state index in [1.165, 1.54) is 12.0 Å². The molecule has 1 fully saturated rings. The Morgan fingerprint density at radius 1 is 1.21 bits per heavy atom. The van der Waals surface area contributed by atoms with Crippen molar-refractivity contribution in [3.63, 3.8) is 0 Å². The number of furan rings is 1. The van der Waals surface area contributed by atoms with Crippen molar-refractivity contribution in [2.75, 3.05) is 27.7 Å². The molecule has 10 nitrogen and oxygen atoms in total. The zero-order chi connectivity index (χ0) is 23.8. The fourth-order valence-electron chi connectivity index (χ4n) is 3.62. The molecular weight excluding hydrogens is 426 g/mol. The number of carbonyl (C=O) groups is 3. The second-order valence-corrected chi connectivity index (χ2v) is 7.89. The molecule has 1 aliphatic rings. The molecule has 0 radical (unpaired) electrons. The molecule has 3 aromatic rings. The Morgan fingerprint density at radius 2 is 2.00 bits per heavy atom. The summed E-state index contributed by atoms with van der Waals surface area (Å²) in [6.45, 7) is 1.10. The van der Waals surface area contributed by atoms with E-state index in [9.17, 15) is 14.4 Å². The summed E-state index contributed by atoms with van der Waals surface area (Å²) in [4.78, 5) is 38.5. The van der Waals surface area contributed by atoms with E-state index in [0.29, 0.717) is 31.7 Å². The Hall–Kier alpha value is -3.69. The molecule has 1 aromatic carbocycles. The van der Waals surface area contributed by atoms with Gasteiger partial charge in [-0.15, -0.1) is 5.10 Å². The summed E-state index contributed by atoms with van der Waals surface area (Å²) in [7, 11) is 4.76. The van der Waals surface area contributed by atoms with Gasteiger partial charge >= 0.3 is 5.97 Å². The number of aromatic nitrogens is 3. The van der Waals surface area contributed by atoms with E-state index in [2.05, 4.69) is 10.3 Å². The van der Waals surface area contributed by atoms with Gasteiger partial charge in [0, 0.05) is 38.6 Å².